The molecule has 0 aromatic rings. The molecule has 4 heteroatoms. The second kappa shape index (κ2) is 6.38. The molecule has 1 fully saturated rings. The molecule has 0 radical (unpaired) electrons. The van der Waals surface area contributed by atoms with Crippen LogP contribution in [0.3, 0.4) is 0 Å². The summed E-state index contributed by atoms with van der Waals surface area (Å²) in [6, 6.07) is 0.0890. The Bertz CT molecular complexity index is 375. The first-order valence-electron chi connectivity index (χ1n) is 6.54. The predicted molar refractivity (Wildman–Crippen MR) is 68.2 cm³/mol. The Morgan fingerprint density at radius 1 is 1.33 bits per heavy atom. The summed E-state index contributed by atoms with van der Waals surface area (Å²) >= 11 is 0. The van der Waals surface area contributed by atoms with Crippen LogP contribution in [0.5, 0.6) is 0 Å². The fourth-order valence-electron chi connectivity index (χ4n) is 2.22. The summed E-state index contributed by atoms with van der Waals surface area (Å²) in [5.74, 6) is 0.291. The van der Waals surface area contributed by atoms with Crippen LogP contribution in [0.2, 0.25) is 0 Å². The number of amides is 1. The van der Waals surface area contributed by atoms with Gasteiger partial charge in [0.05, 0.1) is 0 Å². The molecule has 0 spiro atoms. The van der Waals surface area contributed by atoms with Gasteiger partial charge in [-0.1, -0.05) is 18.2 Å². The second-order valence-corrected chi connectivity index (χ2v) is 4.79. The van der Waals surface area contributed by atoms with Crippen molar-refractivity contribution in [3.05, 3.63) is 23.8 Å². The number of ether oxygens (including phenoxy) is 1. The van der Waals surface area contributed by atoms with Gasteiger partial charge in [0.15, 0.2) is 0 Å². The van der Waals surface area contributed by atoms with Crippen LogP contribution in [0.4, 0.5) is 4.79 Å². The Labute approximate surface area is 107 Å². The van der Waals surface area contributed by atoms with Gasteiger partial charge in [-0.3, -0.25) is 4.79 Å². The summed E-state index contributed by atoms with van der Waals surface area (Å²) < 4.78 is 5.16. The first-order valence-corrected chi connectivity index (χ1v) is 6.54. The van der Waals surface area contributed by atoms with Gasteiger partial charge >= 0.3 is 6.09 Å². The first kappa shape index (κ1) is 12.9. The van der Waals surface area contributed by atoms with Crippen LogP contribution in [0, 0.1) is 0 Å². The molecule has 2 rings (SSSR count). The lowest BCUT2D eigenvalue weighted by atomic mass is 9.95. The number of carbonyl (C=O) groups is 2. The van der Waals surface area contributed by atoms with E-state index in [4.69, 9.17) is 4.74 Å². The summed E-state index contributed by atoms with van der Waals surface area (Å²) in [5, 5.41) is 2.81. The van der Waals surface area contributed by atoms with E-state index in [0.29, 0.717) is 25.2 Å². The molecular weight excluding hydrogens is 230 g/mol. The lowest BCUT2D eigenvalue weighted by Crippen LogP contribution is -2.38. The number of hydrogen-bond acceptors (Lipinski definition) is 3. The zero-order valence-corrected chi connectivity index (χ0v) is 10.5. The number of ketones is 1. The second-order valence-electron chi connectivity index (χ2n) is 4.79. The minimum atomic E-state index is -0.380. The monoisotopic (exact) mass is 249 g/mol. The minimum Gasteiger partial charge on any atom is -0.445 e. The molecular formula is C14H19NO3. The number of hydrogen-bond donors (Lipinski definition) is 1. The van der Waals surface area contributed by atoms with Crippen LogP contribution in [0.15, 0.2) is 23.8 Å². The standard InChI is InChI=1S/C14H19NO3/c16-13-8-6-12(7-9-13)15-14(17)18-10-11-4-2-1-3-5-11/h2,4-5,12H,1,3,6-10H2,(H,15,17). The van der Waals surface area contributed by atoms with Gasteiger partial charge in [0.2, 0.25) is 0 Å². The molecule has 1 saturated carbocycles. The van der Waals surface area contributed by atoms with Crippen molar-refractivity contribution in [2.45, 2.75) is 44.6 Å². The van der Waals surface area contributed by atoms with Gasteiger partial charge in [0.1, 0.15) is 12.4 Å². The van der Waals surface area contributed by atoms with E-state index >= 15 is 0 Å². The molecule has 0 aromatic carbocycles. The van der Waals surface area contributed by atoms with E-state index < -0.39 is 0 Å². The summed E-state index contributed by atoms with van der Waals surface area (Å²) in [6.45, 7) is 0.327. The van der Waals surface area contributed by atoms with Crippen LogP contribution in [-0.4, -0.2) is 24.5 Å². The topological polar surface area (TPSA) is 55.4 Å². The minimum absolute atomic E-state index is 0.0890. The average molecular weight is 249 g/mol. The van der Waals surface area contributed by atoms with Crippen molar-refractivity contribution < 1.29 is 14.3 Å². The van der Waals surface area contributed by atoms with E-state index in [1.165, 1.54) is 0 Å². The highest BCUT2D eigenvalue weighted by atomic mass is 16.5. The maximum absolute atomic E-state index is 11.6. The van der Waals surface area contributed by atoms with Gasteiger partial charge < -0.3 is 10.1 Å². The van der Waals surface area contributed by atoms with E-state index in [1.54, 1.807) is 0 Å². The molecule has 0 saturated heterocycles. The molecule has 0 heterocycles. The number of carbonyl (C=O) groups excluding carboxylic acids is 2. The SMILES string of the molecule is O=C1CCC(NC(=O)OCC2=CCCC=C2)CC1. The molecule has 0 aliphatic heterocycles. The maximum Gasteiger partial charge on any atom is 0.407 e. The zero-order valence-electron chi connectivity index (χ0n) is 10.5. The number of allylic oxidation sites excluding steroid dienone is 2. The van der Waals surface area contributed by atoms with Gasteiger partial charge in [-0.05, 0) is 31.3 Å². The molecule has 0 aromatic heterocycles. The molecule has 98 valence electrons. The van der Waals surface area contributed by atoms with E-state index in [0.717, 1.165) is 31.3 Å². The van der Waals surface area contributed by atoms with Crippen molar-refractivity contribution in [1.29, 1.82) is 0 Å². The van der Waals surface area contributed by atoms with Gasteiger partial charge in [0, 0.05) is 18.9 Å². The third-order valence-electron chi connectivity index (χ3n) is 3.31. The van der Waals surface area contributed by atoms with Crippen molar-refractivity contribution in [2.24, 2.45) is 0 Å². The lowest BCUT2D eigenvalue weighted by molar-refractivity contribution is -0.120. The molecule has 0 bridgehead atoms. The Morgan fingerprint density at radius 2 is 2.11 bits per heavy atom. The largest absolute Gasteiger partial charge is 0.445 e. The number of rotatable bonds is 3. The Morgan fingerprint density at radius 3 is 2.78 bits per heavy atom. The molecule has 18 heavy (non-hydrogen) atoms. The van der Waals surface area contributed by atoms with E-state index in [-0.39, 0.29) is 12.1 Å². The molecule has 2 aliphatic carbocycles. The van der Waals surface area contributed by atoms with Crippen LogP contribution >= 0.6 is 0 Å². The fourth-order valence-corrected chi connectivity index (χ4v) is 2.22. The highest BCUT2D eigenvalue weighted by Gasteiger charge is 2.20. The molecule has 2 aliphatic rings. The van der Waals surface area contributed by atoms with Crippen molar-refractivity contribution in [3.63, 3.8) is 0 Å². The van der Waals surface area contributed by atoms with Crippen molar-refractivity contribution in [2.75, 3.05) is 6.61 Å². The molecule has 1 amide bonds. The van der Waals surface area contributed by atoms with Crippen LogP contribution in [-0.2, 0) is 9.53 Å². The van der Waals surface area contributed by atoms with E-state index in [1.807, 2.05) is 6.08 Å². The summed E-state index contributed by atoms with van der Waals surface area (Å²) in [4.78, 5) is 22.6. The summed E-state index contributed by atoms with van der Waals surface area (Å²) in [6.07, 6.45) is 10.5. The molecule has 0 atom stereocenters. The van der Waals surface area contributed by atoms with Crippen molar-refractivity contribution in [1.82, 2.24) is 5.32 Å². The smallest absolute Gasteiger partial charge is 0.407 e. The highest BCUT2D eigenvalue weighted by Crippen LogP contribution is 2.15. The van der Waals surface area contributed by atoms with Gasteiger partial charge in [-0.25, -0.2) is 4.79 Å². The van der Waals surface area contributed by atoms with Gasteiger partial charge in [-0.2, -0.15) is 0 Å². The van der Waals surface area contributed by atoms with E-state index in [2.05, 4.69) is 17.5 Å². The third kappa shape index (κ3) is 4.02. The van der Waals surface area contributed by atoms with Crippen molar-refractivity contribution >= 4 is 11.9 Å². The van der Waals surface area contributed by atoms with Crippen LogP contribution in [0.25, 0.3) is 0 Å². The lowest BCUT2D eigenvalue weighted by Gasteiger charge is -2.21. The first-order chi connectivity index (χ1) is 8.74. The average Bonchev–Trinajstić information content (AvgIpc) is 2.40. The third-order valence-corrected chi connectivity index (χ3v) is 3.31. The van der Waals surface area contributed by atoms with Gasteiger partial charge in [-0.15, -0.1) is 0 Å². The highest BCUT2D eigenvalue weighted by molar-refractivity contribution is 5.79. The number of Topliss-reactive ketones (excluding diaryl/α,β-unsaturated/α-hetero) is 1. The normalized spacial score (nSPS) is 20.4. The predicted octanol–water partition coefficient (Wildman–Crippen LogP) is 2.50. The Balaban J connectivity index is 1.67. The zero-order chi connectivity index (χ0) is 12.8. The molecule has 1 N–H and O–H groups in total. The quantitative estimate of drug-likeness (QED) is 0.836. The van der Waals surface area contributed by atoms with E-state index in [9.17, 15) is 9.59 Å². The maximum atomic E-state index is 11.6. The van der Waals surface area contributed by atoms with Crippen LogP contribution in [0.1, 0.15) is 38.5 Å². The molecule has 0 unspecified atom stereocenters. The van der Waals surface area contributed by atoms with Crippen LogP contribution < -0.4 is 5.32 Å². The number of alkyl carbamates (subject to hydrolysis) is 1. The Hall–Kier alpha value is -1.58. The summed E-state index contributed by atoms with van der Waals surface area (Å²) in [7, 11) is 0. The molecule has 4 nitrogen and oxygen atoms in total. The van der Waals surface area contributed by atoms with Gasteiger partial charge in [0.25, 0.3) is 0 Å². The Kier molecular flexibility index (Phi) is 4.56. The summed E-state index contributed by atoms with van der Waals surface area (Å²) in [5.41, 5.74) is 1.05. The number of nitrogens with one attached hydrogen (secondary N) is 1. The fraction of sp³-hybridized carbons (Fsp3) is 0.571. The van der Waals surface area contributed by atoms with Crippen molar-refractivity contribution in [3.8, 4) is 0 Å².